The molecule has 26 heavy (non-hydrogen) atoms. The van der Waals surface area contributed by atoms with Crippen molar-refractivity contribution in [3.05, 3.63) is 23.8 Å². The number of carbonyl (C=O) groups excluding carboxylic acids is 2. The molecule has 4 fully saturated rings. The molecule has 5 aliphatic rings. The molecule has 2 N–H and O–H groups in total. The van der Waals surface area contributed by atoms with Gasteiger partial charge in [-0.25, -0.2) is 0 Å². The second-order valence-electron chi connectivity index (χ2n) is 9.36. The average molecular weight is 358 g/mol. The third-order valence-corrected chi connectivity index (χ3v) is 8.69. The molecular formula is C21H26O5. The molecule has 0 radical (unpaired) electrons. The highest BCUT2D eigenvalue weighted by Gasteiger charge is 2.81. The maximum absolute atomic E-state index is 12.4. The Balaban J connectivity index is 1.58. The zero-order valence-corrected chi connectivity index (χ0v) is 15.3. The van der Waals surface area contributed by atoms with Gasteiger partial charge in [0, 0.05) is 10.8 Å². The lowest BCUT2D eigenvalue weighted by molar-refractivity contribution is -0.159. The Bertz CT molecular complexity index is 783. The fourth-order valence-electron chi connectivity index (χ4n) is 7.24. The van der Waals surface area contributed by atoms with Crippen LogP contribution in [-0.4, -0.2) is 45.7 Å². The first kappa shape index (κ1) is 16.8. The molecular weight excluding hydrogens is 332 g/mol. The van der Waals surface area contributed by atoms with E-state index in [1.54, 1.807) is 12.2 Å². The number of ketones is 2. The van der Waals surface area contributed by atoms with E-state index in [0.717, 1.165) is 24.8 Å². The molecule has 1 saturated heterocycles. The summed E-state index contributed by atoms with van der Waals surface area (Å²) < 4.78 is 6.40. The van der Waals surface area contributed by atoms with Crippen molar-refractivity contribution in [1.29, 1.82) is 0 Å². The summed E-state index contributed by atoms with van der Waals surface area (Å²) in [5, 5.41) is 20.6. The van der Waals surface area contributed by atoms with Gasteiger partial charge in [0.1, 0.15) is 17.8 Å². The van der Waals surface area contributed by atoms with Crippen LogP contribution in [0.4, 0.5) is 0 Å². The first-order valence-corrected chi connectivity index (χ1v) is 9.71. The minimum Gasteiger partial charge on any atom is -0.388 e. The van der Waals surface area contributed by atoms with Crippen LogP contribution in [0.15, 0.2) is 23.8 Å². The topological polar surface area (TPSA) is 87.1 Å². The maximum Gasteiger partial charge on any atom is 0.190 e. The normalized spacial score (nSPS) is 53.9. The van der Waals surface area contributed by atoms with Crippen molar-refractivity contribution >= 4 is 11.6 Å². The second-order valence-corrected chi connectivity index (χ2v) is 9.36. The molecule has 0 aromatic carbocycles. The molecule has 4 aliphatic carbocycles. The Morgan fingerprint density at radius 1 is 1.31 bits per heavy atom. The SMILES string of the molecule is C[C@]12C[C@H]3O[C@@]34[C@H](CCC3=CC(=O)C=C[C@]34C)[C@@H]1CC[C@]2(O)C(=O)CO. The third kappa shape index (κ3) is 1.60. The lowest BCUT2D eigenvalue weighted by Crippen LogP contribution is -2.61. The predicted octanol–water partition coefficient (Wildman–Crippen LogP) is 1.72. The van der Waals surface area contributed by atoms with E-state index in [1.807, 2.05) is 13.0 Å². The van der Waals surface area contributed by atoms with Crippen LogP contribution in [-0.2, 0) is 14.3 Å². The van der Waals surface area contributed by atoms with Crippen LogP contribution in [0, 0.1) is 22.7 Å². The van der Waals surface area contributed by atoms with Crippen LogP contribution in [0.5, 0.6) is 0 Å². The molecule has 140 valence electrons. The molecule has 5 rings (SSSR count). The summed E-state index contributed by atoms with van der Waals surface area (Å²) in [6, 6.07) is 0. The lowest BCUT2D eigenvalue weighted by atomic mass is 9.47. The summed E-state index contributed by atoms with van der Waals surface area (Å²) in [4.78, 5) is 24.3. The minimum atomic E-state index is -1.46. The summed E-state index contributed by atoms with van der Waals surface area (Å²) in [5.74, 6) is 0.0355. The van der Waals surface area contributed by atoms with Crippen molar-refractivity contribution < 1.29 is 24.5 Å². The number of carbonyl (C=O) groups is 2. The summed E-state index contributed by atoms with van der Waals surface area (Å²) in [7, 11) is 0. The van der Waals surface area contributed by atoms with Gasteiger partial charge in [-0.05, 0) is 63.0 Å². The molecule has 0 bridgehead atoms. The molecule has 0 aromatic rings. The largest absolute Gasteiger partial charge is 0.388 e. The zero-order valence-electron chi connectivity index (χ0n) is 15.3. The van der Waals surface area contributed by atoms with Crippen LogP contribution >= 0.6 is 0 Å². The van der Waals surface area contributed by atoms with Crippen LogP contribution in [0.2, 0.25) is 0 Å². The van der Waals surface area contributed by atoms with Crippen molar-refractivity contribution in [2.45, 2.75) is 63.3 Å². The maximum atomic E-state index is 12.4. The van der Waals surface area contributed by atoms with E-state index in [1.165, 1.54) is 0 Å². The molecule has 1 heterocycles. The fourth-order valence-corrected chi connectivity index (χ4v) is 7.24. The molecule has 5 heteroatoms. The van der Waals surface area contributed by atoms with Gasteiger partial charge in [-0.3, -0.25) is 9.59 Å². The quantitative estimate of drug-likeness (QED) is 0.734. The predicted molar refractivity (Wildman–Crippen MR) is 93.2 cm³/mol. The highest BCUT2D eigenvalue weighted by Crippen LogP contribution is 2.75. The van der Waals surface area contributed by atoms with Crippen molar-refractivity contribution in [3.63, 3.8) is 0 Å². The molecule has 3 saturated carbocycles. The van der Waals surface area contributed by atoms with E-state index >= 15 is 0 Å². The number of aliphatic hydroxyl groups excluding tert-OH is 1. The smallest absolute Gasteiger partial charge is 0.190 e. The van der Waals surface area contributed by atoms with Gasteiger partial charge >= 0.3 is 0 Å². The summed E-state index contributed by atoms with van der Waals surface area (Å²) in [6.45, 7) is 3.57. The van der Waals surface area contributed by atoms with Gasteiger partial charge in [0.15, 0.2) is 11.6 Å². The van der Waals surface area contributed by atoms with Gasteiger partial charge in [-0.2, -0.15) is 0 Å². The average Bonchev–Trinajstić information content (AvgIpc) is 3.27. The number of epoxide rings is 1. The molecule has 0 aromatic heterocycles. The zero-order chi connectivity index (χ0) is 18.5. The van der Waals surface area contributed by atoms with E-state index < -0.39 is 23.4 Å². The number of hydrogen-bond acceptors (Lipinski definition) is 5. The molecule has 1 aliphatic heterocycles. The fraction of sp³-hybridized carbons (Fsp3) is 0.714. The molecule has 0 amide bonds. The Kier molecular flexibility index (Phi) is 3.08. The molecule has 5 nitrogen and oxygen atoms in total. The number of aliphatic hydroxyl groups is 2. The summed E-state index contributed by atoms with van der Waals surface area (Å²) >= 11 is 0. The van der Waals surface area contributed by atoms with Gasteiger partial charge in [0.2, 0.25) is 0 Å². The van der Waals surface area contributed by atoms with Crippen molar-refractivity contribution in [1.82, 2.24) is 0 Å². The second kappa shape index (κ2) is 4.75. The molecule has 0 unspecified atom stereocenters. The molecule has 1 spiro atoms. The third-order valence-electron chi connectivity index (χ3n) is 8.69. The lowest BCUT2D eigenvalue weighted by Gasteiger charge is -2.55. The van der Waals surface area contributed by atoms with E-state index in [9.17, 15) is 19.8 Å². The van der Waals surface area contributed by atoms with Gasteiger partial charge in [0.05, 0.1) is 6.10 Å². The first-order valence-electron chi connectivity index (χ1n) is 9.71. The van der Waals surface area contributed by atoms with Gasteiger partial charge in [-0.15, -0.1) is 0 Å². The number of fused-ring (bicyclic) bond motifs is 3. The summed E-state index contributed by atoms with van der Waals surface area (Å²) in [5.41, 5.74) is -1.45. The van der Waals surface area contributed by atoms with Gasteiger partial charge in [-0.1, -0.05) is 18.6 Å². The monoisotopic (exact) mass is 358 g/mol. The van der Waals surface area contributed by atoms with Crippen LogP contribution < -0.4 is 0 Å². The Morgan fingerprint density at radius 3 is 2.81 bits per heavy atom. The first-order chi connectivity index (χ1) is 12.2. The van der Waals surface area contributed by atoms with E-state index in [4.69, 9.17) is 4.74 Å². The van der Waals surface area contributed by atoms with E-state index in [0.29, 0.717) is 12.8 Å². The number of Topliss-reactive ketones (excluding diaryl/α,β-unsaturated/α-hetero) is 1. The summed E-state index contributed by atoms with van der Waals surface area (Å²) in [6.07, 6.45) is 9.04. The van der Waals surface area contributed by atoms with Crippen LogP contribution in [0.3, 0.4) is 0 Å². The van der Waals surface area contributed by atoms with Crippen molar-refractivity contribution in [2.75, 3.05) is 6.61 Å². The Labute approximate surface area is 153 Å². The highest BCUT2D eigenvalue weighted by atomic mass is 16.6. The highest BCUT2D eigenvalue weighted by molar-refractivity contribution is 6.01. The van der Waals surface area contributed by atoms with Crippen LogP contribution in [0.1, 0.15) is 46.0 Å². The number of allylic oxidation sites excluding steroid dienone is 2. The number of hydrogen-bond donors (Lipinski definition) is 2. The Hall–Kier alpha value is -1.30. The van der Waals surface area contributed by atoms with E-state index in [-0.39, 0.29) is 34.7 Å². The Morgan fingerprint density at radius 2 is 2.08 bits per heavy atom. The van der Waals surface area contributed by atoms with Crippen molar-refractivity contribution in [3.8, 4) is 0 Å². The van der Waals surface area contributed by atoms with Crippen LogP contribution in [0.25, 0.3) is 0 Å². The minimum absolute atomic E-state index is 0.0172. The van der Waals surface area contributed by atoms with Gasteiger partial charge < -0.3 is 14.9 Å². The van der Waals surface area contributed by atoms with Crippen molar-refractivity contribution in [2.24, 2.45) is 22.7 Å². The van der Waals surface area contributed by atoms with E-state index in [2.05, 4.69) is 6.92 Å². The number of ether oxygens (including phenoxy) is 1. The molecule has 7 atom stereocenters. The van der Waals surface area contributed by atoms with Gasteiger partial charge in [0.25, 0.3) is 0 Å². The number of rotatable bonds is 2. The standard InChI is InChI=1S/C21H26O5/c1-18-7-5-13(23)9-12(18)3-4-15-14-6-8-20(25,16(24)11-22)19(14,2)10-17-21(15,18)26-17/h5,7,9,14-15,17,22,25H,3-4,6,8,10-11H2,1-2H3/t14-,15+,17+,18+,19-,20-,21-/m0/s1.